The van der Waals surface area contributed by atoms with Crippen molar-refractivity contribution in [3.8, 4) is 0 Å². The summed E-state index contributed by atoms with van der Waals surface area (Å²) in [7, 11) is 0. The summed E-state index contributed by atoms with van der Waals surface area (Å²) in [5, 5.41) is 13.2. The van der Waals surface area contributed by atoms with Crippen molar-refractivity contribution in [3.05, 3.63) is 0 Å². The van der Waals surface area contributed by atoms with Crippen LogP contribution >= 0.6 is 0 Å². The molecular formula is C10H17F3N2O4. The van der Waals surface area contributed by atoms with Crippen molar-refractivity contribution >= 4 is 12.0 Å². The van der Waals surface area contributed by atoms with Crippen LogP contribution in [0.15, 0.2) is 0 Å². The molecule has 0 aliphatic carbocycles. The molecule has 3 N–H and O–H groups in total. The van der Waals surface area contributed by atoms with E-state index in [4.69, 9.17) is 5.11 Å². The average molecular weight is 286 g/mol. The number of amides is 2. The molecular weight excluding hydrogens is 269 g/mol. The molecule has 0 aromatic heterocycles. The van der Waals surface area contributed by atoms with Gasteiger partial charge in [-0.2, -0.15) is 13.2 Å². The minimum Gasteiger partial charge on any atom is -0.481 e. The Morgan fingerprint density at radius 3 is 2.32 bits per heavy atom. The van der Waals surface area contributed by atoms with Gasteiger partial charge in [0.05, 0.1) is 13.0 Å². The summed E-state index contributed by atoms with van der Waals surface area (Å²) in [6, 6.07) is -0.665. The fraction of sp³-hybridized carbons (Fsp3) is 0.800. The highest BCUT2D eigenvalue weighted by molar-refractivity contribution is 5.76. The molecule has 0 aliphatic heterocycles. The van der Waals surface area contributed by atoms with Gasteiger partial charge in [0.2, 0.25) is 0 Å². The van der Waals surface area contributed by atoms with Gasteiger partial charge in [0.25, 0.3) is 0 Å². The Morgan fingerprint density at radius 2 is 1.84 bits per heavy atom. The third kappa shape index (κ3) is 11.3. The van der Waals surface area contributed by atoms with Gasteiger partial charge in [0.1, 0.15) is 6.61 Å². The second-order valence-electron chi connectivity index (χ2n) is 4.50. The number of carbonyl (C=O) groups excluding carboxylic acids is 1. The van der Waals surface area contributed by atoms with Gasteiger partial charge >= 0.3 is 18.2 Å². The standard InChI is InChI=1S/C10H17F3N2O4/c1-9(2,5-7(16)17)15-8(18)14-3-4-19-6-10(11,12)13/h3-6H2,1-2H3,(H,16,17)(H2,14,15,18). The van der Waals surface area contributed by atoms with E-state index in [0.29, 0.717) is 0 Å². The fourth-order valence-corrected chi connectivity index (χ4v) is 1.20. The summed E-state index contributed by atoms with van der Waals surface area (Å²) in [6.07, 6.45) is -4.67. The molecule has 112 valence electrons. The van der Waals surface area contributed by atoms with E-state index in [-0.39, 0.29) is 19.6 Å². The number of halogens is 3. The molecule has 0 aliphatic rings. The second kappa shape index (κ2) is 7.17. The van der Waals surface area contributed by atoms with Crippen molar-refractivity contribution in [3.63, 3.8) is 0 Å². The number of ether oxygens (including phenoxy) is 1. The summed E-state index contributed by atoms with van der Waals surface area (Å²) < 4.78 is 39.4. The van der Waals surface area contributed by atoms with E-state index in [0.717, 1.165) is 0 Å². The van der Waals surface area contributed by atoms with Crippen LogP contribution in [0.4, 0.5) is 18.0 Å². The van der Waals surface area contributed by atoms with E-state index in [9.17, 15) is 22.8 Å². The first kappa shape index (κ1) is 17.5. The first-order chi connectivity index (χ1) is 8.52. The van der Waals surface area contributed by atoms with Crippen molar-refractivity contribution in [2.75, 3.05) is 19.8 Å². The van der Waals surface area contributed by atoms with Gasteiger partial charge in [0, 0.05) is 12.1 Å². The van der Waals surface area contributed by atoms with Crippen LogP contribution in [0.1, 0.15) is 20.3 Å². The lowest BCUT2D eigenvalue weighted by molar-refractivity contribution is -0.173. The van der Waals surface area contributed by atoms with Gasteiger partial charge in [-0.3, -0.25) is 4.79 Å². The lowest BCUT2D eigenvalue weighted by atomic mass is 10.0. The number of carbonyl (C=O) groups is 2. The largest absolute Gasteiger partial charge is 0.481 e. The zero-order chi connectivity index (χ0) is 15.1. The first-order valence-electron chi connectivity index (χ1n) is 5.44. The average Bonchev–Trinajstić information content (AvgIpc) is 2.11. The predicted molar refractivity (Wildman–Crippen MR) is 59.7 cm³/mol. The maximum atomic E-state index is 11.7. The molecule has 0 rings (SSSR count). The van der Waals surface area contributed by atoms with Crippen molar-refractivity contribution in [2.24, 2.45) is 0 Å². The molecule has 2 amide bonds. The quantitative estimate of drug-likeness (QED) is 0.612. The summed E-state index contributed by atoms with van der Waals surface area (Å²) in [4.78, 5) is 21.8. The van der Waals surface area contributed by atoms with Crippen LogP contribution in [-0.2, 0) is 9.53 Å². The molecule has 0 saturated carbocycles. The van der Waals surface area contributed by atoms with E-state index in [2.05, 4.69) is 15.4 Å². The molecule has 0 spiro atoms. The van der Waals surface area contributed by atoms with Crippen molar-refractivity contribution in [1.82, 2.24) is 10.6 Å². The maximum Gasteiger partial charge on any atom is 0.411 e. The number of hydrogen-bond acceptors (Lipinski definition) is 3. The summed E-state index contributed by atoms with van der Waals surface area (Å²) in [5.41, 5.74) is -0.956. The van der Waals surface area contributed by atoms with Gasteiger partial charge in [-0.05, 0) is 13.8 Å². The Bertz CT molecular complexity index is 318. The lowest BCUT2D eigenvalue weighted by Gasteiger charge is -2.24. The number of carboxylic acids is 1. The van der Waals surface area contributed by atoms with Gasteiger partial charge < -0.3 is 20.5 Å². The van der Waals surface area contributed by atoms with Crippen molar-refractivity contribution in [1.29, 1.82) is 0 Å². The number of urea groups is 1. The van der Waals surface area contributed by atoms with Crippen LogP contribution < -0.4 is 10.6 Å². The summed E-state index contributed by atoms with van der Waals surface area (Å²) >= 11 is 0. The van der Waals surface area contributed by atoms with Crippen LogP contribution in [0, 0.1) is 0 Å². The number of alkyl halides is 3. The van der Waals surface area contributed by atoms with Crippen LogP contribution in [0.2, 0.25) is 0 Å². The zero-order valence-corrected chi connectivity index (χ0v) is 10.6. The van der Waals surface area contributed by atoms with Crippen molar-refractivity contribution in [2.45, 2.75) is 32.0 Å². The highest BCUT2D eigenvalue weighted by Crippen LogP contribution is 2.13. The molecule has 0 heterocycles. The van der Waals surface area contributed by atoms with Gasteiger partial charge in [-0.15, -0.1) is 0 Å². The molecule has 0 aromatic rings. The zero-order valence-electron chi connectivity index (χ0n) is 10.6. The molecule has 0 saturated heterocycles. The van der Waals surface area contributed by atoms with Crippen molar-refractivity contribution < 1.29 is 32.6 Å². The van der Waals surface area contributed by atoms with Crippen LogP contribution in [0.3, 0.4) is 0 Å². The monoisotopic (exact) mass is 286 g/mol. The van der Waals surface area contributed by atoms with E-state index >= 15 is 0 Å². The molecule has 0 bridgehead atoms. The van der Waals surface area contributed by atoms with Gasteiger partial charge in [0.15, 0.2) is 0 Å². The Morgan fingerprint density at radius 1 is 1.26 bits per heavy atom. The van der Waals surface area contributed by atoms with Crippen LogP contribution in [0.5, 0.6) is 0 Å². The van der Waals surface area contributed by atoms with Gasteiger partial charge in [-0.1, -0.05) is 0 Å². The Balaban J connectivity index is 3.79. The third-order valence-electron chi connectivity index (χ3n) is 1.84. The number of carboxylic acid groups (broad SMARTS) is 1. The second-order valence-corrected chi connectivity index (χ2v) is 4.50. The minimum absolute atomic E-state index is 0.106. The van der Waals surface area contributed by atoms with E-state index < -0.39 is 30.3 Å². The first-order valence-corrected chi connectivity index (χ1v) is 5.44. The van der Waals surface area contributed by atoms with E-state index in [1.807, 2.05) is 0 Å². The molecule has 0 radical (unpaired) electrons. The molecule has 0 aromatic carbocycles. The molecule has 9 heteroatoms. The Kier molecular flexibility index (Phi) is 6.60. The SMILES string of the molecule is CC(C)(CC(=O)O)NC(=O)NCCOCC(F)(F)F. The summed E-state index contributed by atoms with van der Waals surface area (Å²) in [5.74, 6) is -1.07. The normalized spacial score (nSPS) is 12.1. The summed E-state index contributed by atoms with van der Waals surface area (Å²) in [6.45, 7) is 1.26. The molecule has 0 fully saturated rings. The smallest absolute Gasteiger partial charge is 0.411 e. The number of aliphatic carboxylic acids is 1. The Labute approximate surface area is 108 Å². The van der Waals surface area contributed by atoms with E-state index in [1.54, 1.807) is 0 Å². The number of nitrogens with one attached hydrogen (secondary N) is 2. The topological polar surface area (TPSA) is 87.7 Å². The van der Waals surface area contributed by atoms with E-state index in [1.165, 1.54) is 13.8 Å². The molecule has 0 unspecified atom stereocenters. The number of hydrogen-bond donors (Lipinski definition) is 3. The van der Waals surface area contributed by atoms with Gasteiger partial charge in [-0.25, -0.2) is 4.79 Å². The highest BCUT2D eigenvalue weighted by Gasteiger charge is 2.27. The molecule has 0 atom stereocenters. The lowest BCUT2D eigenvalue weighted by Crippen LogP contribution is -2.50. The number of rotatable bonds is 7. The van der Waals surface area contributed by atoms with Crippen LogP contribution in [-0.4, -0.2) is 48.6 Å². The maximum absolute atomic E-state index is 11.7. The Hall–Kier alpha value is -1.51. The fourth-order valence-electron chi connectivity index (χ4n) is 1.20. The highest BCUT2D eigenvalue weighted by atomic mass is 19.4. The van der Waals surface area contributed by atoms with Crippen LogP contribution in [0.25, 0.3) is 0 Å². The molecule has 19 heavy (non-hydrogen) atoms. The predicted octanol–water partition coefficient (Wildman–Crippen LogP) is 1.12. The third-order valence-corrected chi connectivity index (χ3v) is 1.84. The minimum atomic E-state index is -4.40. The molecule has 6 nitrogen and oxygen atoms in total.